The van der Waals surface area contributed by atoms with Crippen LogP contribution in [0, 0.1) is 5.92 Å². The first-order chi connectivity index (χ1) is 11.2. The van der Waals surface area contributed by atoms with Crippen LogP contribution in [0.3, 0.4) is 0 Å². The van der Waals surface area contributed by atoms with Crippen molar-refractivity contribution in [1.82, 2.24) is 4.98 Å². The van der Waals surface area contributed by atoms with Crippen LogP contribution < -0.4 is 4.90 Å². The largest absolute Gasteiger partial charge is 0.481 e. The van der Waals surface area contributed by atoms with Crippen molar-refractivity contribution >= 4 is 17.7 Å². The normalized spacial score (nSPS) is 27.4. The number of carbonyl (C=O) groups excluding carboxylic acids is 1. The number of carboxylic acids is 1. The molecule has 1 N–H and O–H groups in total. The van der Waals surface area contributed by atoms with E-state index in [1.807, 2.05) is 0 Å². The molecule has 24 heavy (non-hydrogen) atoms. The Morgan fingerprint density at radius 1 is 1.33 bits per heavy atom. The molecular weight excluding hydrogens is 329 g/mol. The van der Waals surface area contributed by atoms with Gasteiger partial charge in [-0.25, -0.2) is 4.79 Å². The van der Waals surface area contributed by atoms with Gasteiger partial charge in [-0.3, -0.25) is 14.7 Å². The zero-order chi connectivity index (χ0) is 17.5. The van der Waals surface area contributed by atoms with E-state index in [4.69, 9.17) is 9.84 Å². The third-order valence-corrected chi connectivity index (χ3v) is 4.58. The quantitative estimate of drug-likeness (QED) is 0.892. The smallest absolute Gasteiger partial charge is 0.417 e. The van der Waals surface area contributed by atoms with Gasteiger partial charge in [-0.15, -0.1) is 0 Å². The van der Waals surface area contributed by atoms with Crippen LogP contribution in [-0.2, 0) is 15.7 Å². The van der Waals surface area contributed by atoms with Gasteiger partial charge in [0, 0.05) is 6.20 Å². The van der Waals surface area contributed by atoms with E-state index in [1.165, 1.54) is 6.20 Å². The molecule has 1 aromatic heterocycles. The summed E-state index contributed by atoms with van der Waals surface area (Å²) in [5, 5.41) is 9.03. The molecule has 1 aromatic rings. The molecule has 1 aliphatic carbocycles. The summed E-state index contributed by atoms with van der Waals surface area (Å²) < 4.78 is 43.8. The molecule has 1 aliphatic heterocycles. The van der Waals surface area contributed by atoms with E-state index in [0.717, 1.165) is 11.0 Å². The zero-order valence-electron chi connectivity index (χ0n) is 12.5. The fourth-order valence-electron chi connectivity index (χ4n) is 3.20. The fourth-order valence-corrected chi connectivity index (χ4v) is 3.20. The summed E-state index contributed by atoms with van der Waals surface area (Å²) in [4.78, 5) is 27.8. The maximum Gasteiger partial charge on any atom is 0.417 e. The maximum atomic E-state index is 12.8. The predicted octanol–water partition coefficient (Wildman–Crippen LogP) is 3.07. The summed E-state index contributed by atoms with van der Waals surface area (Å²) >= 11 is 0. The lowest BCUT2D eigenvalue weighted by Crippen LogP contribution is -2.40. The van der Waals surface area contributed by atoms with Crippen LogP contribution in [0.25, 0.3) is 0 Å². The summed E-state index contributed by atoms with van der Waals surface area (Å²) in [6.45, 7) is 0.0984. The lowest BCUT2D eigenvalue weighted by molar-refractivity contribution is -0.144. The highest BCUT2D eigenvalue weighted by Gasteiger charge is 2.48. The summed E-state index contributed by atoms with van der Waals surface area (Å²) in [6.07, 6.45) is -1.92. The van der Waals surface area contributed by atoms with E-state index >= 15 is 0 Å². The predicted molar refractivity (Wildman–Crippen MR) is 75.4 cm³/mol. The van der Waals surface area contributed by atoms with Gasteiger partial charge in [-0.05, 0) is 31.7 Å². The highest BCUT2D eigenvalue weighted by molar-refractivity contribution is 5.90. The number of ether oxygens (including phenoxy) is 1. The Labute approximate surface area is 135 Å². The standard InChI is InChI=1S/C15H15F3N2O4/c16-15(17,18)10-5-11(7-19-6-10)20-8-14(24-13(20)23)3-1-9(2-4-14)12(21)22/h5-7,9H,1-4,8H2,(H,21,22)/t9-,14-. The van der Waals surface area contributed by atoms with Crippen molar-refractivity contribution in [3.8, 4) is 0 Å². The van der Waals surface area contributed by atoms with Gasteiger partial charge in [-0.2, -0.15) is 13.2 Å². The molecule has 130 valence electrons. The van der Waals surface area contributed by atoms with Crippen molar-refractivity contribution in [3.05, 3.63) is 24.0 Å². The molecule has 0 radical (unpaired) electrons. The van der Waals surface area contributed by atoms with E-state index < -0.39 is 35.3 Å². The van der Waals surface area contributed by atoms with Crippen molar-refractivity contribution in [2.45, 2.75) is 37.5 Å². The van der Waals surface area contributed by atoms with Gasteiger partial charge < -0.3 is 9.84 Å². The minimum absolute atomic E-state index is 0.0204. The number of rotatable bonds is 2. The van der Waals surface area contributed by atoms with Crippen molar-refractivity contribution in [2.75, 3.05) is 11.4 Å². The molecule has 1 amide bonds. The molecule has 0 aromatic carbocycles. The molecule has 1 saturated heterocycles. The number of amides is 1. The Morgan fingerprint density at radius 3 is 2.58 bits per heavy atom. The Morgan fingerprint density at radius 2 is 2.00 bits per heavy atom. The lowest BCUT2D eigenvalue weighted by atomic mass is 9.79. The molecule has 0 atom stereocenters. The Balaban J connectivity index is 1.78. The highest BCUT2D eigenvalue weighted by Crippen LogP contribution is 2.41. The summed E-state index contributed by atoms with van der Waals surface area (Å²) in [6, 6.07) is 0.857. The first kappa shape index (κ1) is 16.5. The Hall–Kier alpha value is -2.32. The number of hydrogen-bond acceptors (Lipinski definition) is 4. The fraction of sp³-hybridized carbons (Fsp3) is 0.533. The number of carboxylic acid groups (broad SMARTS) is 1. The molecule has 2 aliphatic rings. The molecule has 0 unspecified atom stereocenters. The van der Waals surface area contributed by atoms with E-state index in [-0.39, 0.29) is 12.2 Å². The van der Waals surface area contributed by atoms with Crippen LogP contribution in [0.4, 0.5) is 23.7 Å². The average Bonchev–Trinajstić information content (AvgIpc) is 2.83. The monoisotopic (exact) mass is 344 g/mol. The number of nitrogens with zero attached hydrogens (tertiary/aromatic N) is 2. The summed E-state index contributed by atoms with van der Waals surface area (Å²) in [5.41, 5.74) is -1.76. The van der Waals surface area contributed by atoms with Crippen LogP contribution in [0.15, 0.2) is 18.5 Å². The molecule has 1 saturated carbocycles. The Kier molecular flexibility index (Phi) is 3.89. The molecule has 9 heteroatoms. The molecule has 6 nitrogen and oxygen atoms in total. The number of anilines is 1. The number of aromatic nitrogens is 1. The van der Waals surface area contributed by atoms with Gasteiger partial charge in [0.25, 0.3) is 0 Å². The summed E-state index contributed by atoms with van der Waals surface area (Å²) in [5.74, 6) is -1.35. The molecule has 1 spiro atoms. The van der Waals surface area contributed by atoms with Gasteiger partial charge in [0.1, 0.15) is 5.60 Å². The minimum Gasteiger partial charge on any atom is -0.481 e. The molecular formula is C15H15F3N2O4. The van der Waals surface area contributed by atoms with E-state index in [9.17, 15) is 22.8 Å². The topological polar surface area (TPSA) is 79.7 Å². The second kappa shape index (κ2) is 5.64. The highest BCUT2D eigenvalue weighted by atomic mass is 19.4. The minimum atomic E-state index is -4.55. The number of carbonyl (C=O) groups is 2. The second-order valence-corrected chi connectivity index (χ2v) is 6.18. The van der Waals surface area contributed by atoms with Gasteiger partial charge in [-0.1, -0.05) is 0 Å². The van der Waals surface area contributed by atoms with Gasteiger partial charge >= 0.3 is 18.2 Å². The zero-order valence-corrected chi connectivity index (χ0v) is 12.5. The average molecular weight is 344 g/mol. The van der Waals surface area contributed by atoms with E-state index in [0.29, 0.717) is 31.9 Å². The third kappa shape index (κ3) is 3.02. The van der Waals surface area contributed by atoms with Crippen LogP contribution in [0.2, 0.25) is 0 Å². The van der Waals surface area contributed by atoms with Crippen LogP contribution in [0.1, 0.15) is 31.2 Å². The number of alkyl halides is 3. The maximum absolute atomic E-state index is 12.8. The van der Waals surface area contributed by atoms with E-state index in [2.05, 4.69) is 4.98 Å². The van der Waals surface area contributed by atoms with Gasteiger partial charge in [0.2, 0.25) is 0 Å². The number of aliphatic carboxylic acids is 1. The SMILES string of the molecule is O=C1O[C@]2(CC[C@H](C(=O)O)CC2)CN1c1cncc(C(F)(F)F)c1. The van der Waals surface area contributed by atoms with Crippen molar-refractivity contribution in [2.24, 2.45) is 5.92 Å². The molecule has 0 bridgehead atoms. The molecule has 3 rings (SSSR count). The number of halogens is 3. The van der Waals surface area contributed by atoms with Crippen molar-refractivity contribution in [1.29, 1.82) is 0 Å². The summed E-state index contributed by atoms with van der Waals surface area (Å²) in [7, 11) is 0. The van der Waals surface area contributed by atoms with Crippen molar-refractivity contribution in [3.63, 3.8) is 0 Å². The van der Waals surface area contributed by atoms with E-state index in [1.54, 1.807) is 0 Å². The van der Waals surface area contributed by atoms with Crippen LogP contribution >= 0.6 is 0 Å². The first-order valence-electron chi connectivity index (χ1n) is 7.46. The first-order valence-corrected chi connectivity index (χ1v) is 7.46. The second-order valence-electron chi connectivity index (χ2n) is 6.18. The molecule has 2 fully saturated rings. The van der Waals surface area contributed by atoms with Crippen molar-refractivity contribution < 1.29 is 32.6 Å². The van der Waals surface area contributed by atoms with Gasteiger partial charge in [0.05, 0.1) is 29.9 Å². The number of pyridine rings is 1. The third-order valence-electron chi connectivity index (χ3n) is 4.58. The van der Waals surface area contributed by atoms with Crippen LogP contribution in [-0.4, -0.2) is 34.3 Å². The van der Waals surface area contributed by atoms with Crippen LogP contribution in [0.5, 0.6) is 0 Å². The lowest BCUT2D eigenvalue weighted by Gasteiger charge is -2.33. The Bertz CT molecular complexity index is 669. The molecule has 2 heterocycles. The number of hydrogen-bond donors (Lipinski definition) is 1. The van der Waals surface area contributed by atoms with Gasteiger partial charge in [0.15, 0.2) is 0 Å².